The van der Waals surface area contributed by atoms with Crippen LogP contribution in [-0.2, 0) is 0 Å². The van der Waals surface area contributed by atoms with Gasteiger partial charge in [0.05, 0.1) is 9.90 Å². The van der Waals surface area contributed by atoms with E-state index in [-0.39, 0.29) is 0 Å². The first-order valence-electron chi connectivity index (χ1n) is 4.80. The molecule has 1 aliphatic rings. The highest BCUT2D eigenvalue weighted by molar-refractivity contribution is 7.83. The van der Waals surface area contributed by atoms with Crippen molar-refractivity contribution in [2.75, 3.05) is 6.79 Å². The van der Waals surface area contributed by atoms with Gasteiger partial charge in [-0.1, -0.05) is 0 Å². The maximum Gasteiger partial charge on any atom is 0.231 e. The van der Waals surface area contributed by atoms with Gasteiger partial charge >= 0.3 is 0 Å². The Kier molecular flexibility index (Phi) is 2.29. The van der Waals surface area contributed by atoms with Gasteiger partial charge in [-0.2, -0.15) is 0 Å². The predicted octanol–water partition coefficient (Wildman–Crippen LogP) is 3.14. The van der Waals surface area contributed by atoms with Crippen molar-refractivity contribution in [1.29, 1.82) is 0 Å². The zero-order chi connectivity index (χ0) is 11.1. The van der Waals surface area contributed by atoms with Crippen molar-refractivity contribution in [3.63, 3.8) is 0 Å². The SMILES string of the molecule is Cc1nc(-c2ccc3c(c2)OCO3)sc1S. The molecule has 0 radical (unpaired) electrons. The van der Waals surface area contributed by atoms with Crippen molar-refractivity contribution in [2.45, 2.75) is 11.1 Å². The lowest BCUT2D eigenvalue weighted by Crippen LogP contribution is -1.92. The van der Waals surface area contributed by atoms with E-state index in [2.05, 4.69) is 17.6 Å². The molecule has 2 heterocycles. The van der Waals surface area contributed by atoms with Crippen molar-refractivity contribution in [3.05, 3.63) is 23.9 Å². The molecule has 0 spiro atoms. The van der Waals surface area contributed by atoms with E-state index in [4.69, 9.17) is 9.47 Å². The minimum absolute atomic E-state index is 0.299. The summed E-state index contributed by atoms with van der Waals surface area (Å²) in [7, 11) is 0. The number of aryl methyl sites for hydroxylation is 1. The lowest BCUT2D eigenvalue weighted by molar-refractivity contribution is 0.174. The van der Waals surface area contributed by atoms with Crippen molar-refractivity contribution in [3.8, 4) is 22.1 Å². The number of ether oxygens (including phenoxy) is 2. The van der Waals surface area contributed by atoms with Crippen LogP contribution in [0.5, 0.6) is 11.5 Å². The van der Waals surface area contributed by atoms with Gasteiger partial charge in [-0.05, 0) is 25.1 Å². The summed E-state index contributed by atoms with van der Waals surface area (Å²) >= 11 is 5.92. The Morgan fingerprint density at radius 2 is 2.12 bits per heavy atom. The summed E-state index contributed by atoms with van der Waals surface area (Å²) in [6.07, 6.45) is 0. The Morgan fingerprint density at radius 1 is 1.31 bits per heavy atom. The van der Waals surface area contributed by atoms with E-state index in [9.17, 15) is 0 Å². The van der Waals surface area contributed by atoms with Crippen LogP contribution in [0, 0.1) is 6.92 Å². The zero-order valence-electron chi connectivity index (χ0n) is 8.56. The Bertz CT molecular complexity index is 531. The van der Waals surface area contributed by atoms with Gasteiger partial charge in [0.1, 0.15) is 5.01 Å². The molecule has 1 aromatic carbocycles. The second kappa shape index (κ2) is 3.68. The largest absolute Gasteiger partial charge is 0.454 e. The first kappa shape index (κ1) is 9.99. The summed E-state index contributed by atoms with van der Waals surface area (Å²) < 4.78 is 11.5. The second-order valence-electron chi connectivity index (χ2n) is 3.48. The summed E-state index contributed by atoms with van der Waals surface area (Å²) in [6, 6.07) is 5.85. The smallest absolute Gasteiger partial charge is 0.231 e. The number of hydrogen-bond donors (Lipinski definition) is 1. The normalized spacial score (nSPS) is 13.1. The predicted molar refractivity (Wildman–Crippen MR) is 65.7 cm³/mol. The number of aromatic nitrogens is 1. The maximum absolute atomic E-state index is 5.33. The number of hydrogen-bond acceptors (Lipinski definition) is 5. The molecule has 3 rings (SSSR count). The molecular formula is C11H9NO2S2. The van der Waals surface area contributed by atoms with Crippen LogP contribution in [0.25, 0.3) is 10.6 Å². The van der Waals surface area contributed by atoms with Crippen molar-refractivity contribution in [1.82, 2.24) is 4.98 Å². The molecule has 1 aliphatic heterocycles. The van der Waals surface area contributed by atoms with E-state index < -0.39 is 0 Å². The maximum atomic E-state index is 5.33. The van der Waals surface area contributed by atoms with Crippen LogP contribution in [0.1, 0.15) is 5.69 Å². The van der Waals surface area contributed by atoms with E-state index in [1.165, 1.54) is 0 Å². The summed E-state index contributed by atoms with van der Waals surface area (Å²) in [5.74, 6) is 1.58. The van der Waals surface area contributed by atoms with Crippen LogP contribution in [0.4, 0.5) is 0 Å². The van der Waals surface area contributed by atoms with Crippen LogP contribution in [0.2, 0.25) is 0 Å². The number of thiazole rings is 1. The van der Waals surface area contributed by atoms with Gasteiger partial charge in [0.15, 0.2) is 11.5 Å². The third-order valence-electron chi connectivity index (χ3n) is 2.39. The minimum Gasteiger partial charge on any atom is -0.454 e. The fourth-order valence-electron chi connectivity index (χ4n) is 1.54. The molecule has 0 saturated heterocycles. The monoisotopic (exact) mass is 251 g/mol. The Morgan fingerprint density at radius 3 is 2.88 bits per heavy atom. The molecule has 1 aromatic heterocycles. The quantitative estimate of drug-likeness (QED) is 0.790. The van der Waals surface area contributed by atoms with Gasteiger partial charge in [0.2, 0.25) is 6.79 Å². The van der Waals surface area contributed by atoms with Gasteiger partial charge in [0.25, 0.3) is 0 Å². The lowest BCUT2D eigenvalue weighted by Gasteiger charge is -1.98. The van der Waals surface area contributed by atoms with E-state index in [1.54, 1.807) is 11.3 Å². The number of fused-ring (bicyclic) bond motifs is 1. The second-order valence-corrected chi connectivity index (χ2v) is 5.23. The van der Waals surface area contributed by atoms with Gasteiger partial charge in [-0.25, -0.2) is 4.98 Å². The van der Waals surface area contributed by atoms with Crippen LogP contribution in [0.3, 0.4) is 0 Å². The summed E-state index contributed by atoms with van der Waals surface area (Å²) in [5.41, 5.74) is 2.00. The Labute approximate surface area is 102 Å². The molecule has 2 aromatic rings. The Hall–Kier alpha value is -1.20. The lowest BCUT2D eigenvalue weighted by atomic mass is 10.2. The van der Waals surface area contributed by atoms with Gasteiger partial charge < -0.3 is 9.47 Å². The molecule has 0 aliphatic carbocycles. The topological polar surface area (TPSA) is 31.4 Å². The molecular weight excluding hydrogens is 242 g/mol. The highest BCUT2D eigenvalue weighted by Gasteiger charge is 2.15. The molecule has 82 valence electrons. The van der Waals surface area contributed by atoms with Crippen molar-refractivity contribution < 1.29 is 9.47 Å². The molecule has 0 saturated carbocycles. The van der Waals surface area contributed by atoms with Crippen LogP contribution < -0.4 is 9.47 Å². The molecule has 16 heavy (non-hydrogen) atoms. The first-order chi connectivity index (χ1) is 7.74. The van der Waals surface area contributed by atoms with Crippen LogP contribution in [0.15, 0.2) is 22.4 Å². The molecule has 0 fully saturated rings. The number of benzene rings is 1. The minimum atomic E-state index is 0.299. The molecule has 5 heteroatoms. The number of nitrogens with zero attached hydrogens (tertiary/aromatic N) is 1. The van der Waals surface area contributed by atoms with Gasteiger partial charge in [-0.15, -0.1) is 24.0 Å². The number of rotatable bonds is 1. The molecule has 3 nitrogen and oxygen atoms in total. The van der Waals surface area contributed by atoms with E-state index in [1.807, 2.05) is 25.1 Å². The molecule has 0 atom stereocenters. The summed E-state index contributed by atoms with van der Waals surface area (Å²) in [5, 5.41) is 0.959. The standard InChI is InChI=1S/C11H9NO2S2/c1-6-11(15)16-10(12-6)7-2-3-8-9(4-7)14-5-13-8/h2-4,15H,5H2,1H3. The highest BCUT2D eigenvalue weighted by atomic mass is 32.2. The van der Waals surface area contributed by atoms with Gasteiger partial charge in [0, 0.05) is 5.56 Å². The third-order valence-corrected chi connectivity index (χ3v) is 4.00. The highest BCUT2D eigenvalue weighted by Crippen LogP contribution is 2.38. The molecule has 0 bridgehead atoms. The third kappa shape index (κ3) is 1.56. The molecule has 0 N–H and O–H groups in total. The van der Waals surface area contributed by atoms with Crippen LogP contribution in [-0.4, -0.2) is 11.8 Å². The first-order valence-corrected chi connectivity index (χ1v) is 6.07. The van der Waals surface area contributed by atoms with Crippen molar-refractivity contribution >= 4 is 24.0 Å². The van der Waals surface area contributed by atoms with E-state index in [0.29, 0.717) is 6.79 Å². The van der Waals surface area contributed by atoms with Crippen LogP contribution >= 0.6 is 24.0 Å². The fourth-order valence-corrected chi connectivity index (χ4v) is 2.65. The Balaban J connectivity index is 2.07. The summed E-state index contributed by atoms with van der Waals surface area (Å²) in [4.78, 5) is 4.45. The summed E-state index contributed by atoms with van der Waals surface area (Å²) in [6.45, 7) is 2.25. The average Bonchev–Trinajstić information content (AvgIpc) is 2.85. The average molecular weight is 251 g/mol. The van der Waals surface area contributed by atoms with E-state index >= 15 is 0 Å². The van der Waals surface area contributed by atoms with Gasteiger partial charge in [-0.3, -0.25) is 0 Å². The molecule has 0 unspecified atom stereocenters. The zero-order valence-corrected chi connectivity index (χ0v) is 10.3. The number of thiol groups is 1. The van der Waals surface area contributed by atoms with Crippen molar-refractivity contribution in [2.24, 2.45) is 0 Å². The fraction of sp³-hybridized carbons (Fsp3) is 0.182. The van der Waals surface area contributed by atoms with E-state index in [0.717, 1.165) is 32.0 Å². The molecule has 0 amide bonds.